The number of rotatable bonds is 0. The van der Waals surface area contributed by atoms with Gasteiger partial charge < -0.3 is 14.7 Å². The molecule has 1 radical (unpaired) electrons. The molecule has 0 aromatic carbocycles. The van der Waals surface area contributed by atoms with E-state index in [0.717, 1.165) is 0 Å². The summed E-state index contributed by atoms with van der Waals surface area (Å²) >= 11 is 0.100. The average Bonchev–Trinajstić information content (AvgIpc) is 1.36. The van der Waals surface area contributed by atoms with E-state index >= 15 is 0 Å². The summed E-state index contributed by atoms with van der Waals surface area (Å²) in [5, 5.41) is 0. The van der Waals surface area contributed by atoms with E-state index in [1.165, 1.54) is 0 Å². The quantitative estimate of drug-likeness (QED) is 0.442. The minimum atomic E-state index is -4.64. The SMILES string of the molecule is O=P(O)(O)O.[O]=[In]. The van der Waals surface area contributed by atoms with Gasteiger partial charge in [0.1, 0.15) is 0 Å². The van der Waals surface area contributed by atoms with E-state index in [1.54, 1.807) is 0 Å². The van der Waals surface area contributed by atoms with Gasteiger partial charge in [0, 0.05) is 0 Å². The normalized spacial score (nSPS) is 8.86. The third-order valence-corrected chi connectivity index (χ3v) is 0. The van der Waals surface area contributed by atoms with Crippen LogP contribution in [0.5, 0.6) is 0 Å². The molecule has 7 heteroatoms. The van der Waals surface area contributed by atoms with Crippen LogP contribution < -0.4 is 0 Å². The molecule has 3 N–H and O–H groups in total. The number of hydrogen-bond donors (Lipinski definition) is 3. The second-order valence-electron chi connectivity index (χ2n) is 0.513. The molecule has 0 spiro atoms. The summed E-state index contributed by atoms with van der Waals surface area (Å²) in [6.07, 6.45) is 0. The Balaban J connectivity index is 0. The fourth-order valence-corrected chi connectivity index (χ4v) is 0. The summed E-state index contributed by atoms with van der Waals surface area (Å²) in [7, 11) is -4.64. The summed E-state index contributed by atoms with van der Waals surface area (Å²) in [5.74, 6) is 0. The molecule has 0 saturated carbocycles. The molecule has 0 atom stereocenters. The Morgan fingerprint density at radius 1 is 1.14 bits per heavy atom. The molecule has 7 heavy (non-hydrogen) atoms. The zero-order valence-electron chi connectivity index (χ0n) is 3.18. The fraction of sp³-hybridized carbons (Fsp3) is 0. The van der Waals surface area contributed by atoms with Crippen LogP contribution in [0, 0.1) is 0 Å². The van der Waals surface area contributed by atoms with Crippen LogP contribution in [0.1, 0.15) is 0 Å². The van der Waals surface area contributed by atoms with Gasteiger partial charge in [-0.2, -0.15) is 0 Å². The van der Waals surface area contributed by atoms with Crippen LogP contribution in [-0.4, -0.2) is 39.1 Å². The summed E-state index contributed by atoms with van der Waals surface area (Å²) < 4.78 is 17.3. The molecular weight excluding hydrogens is 226 g/mol. The van der Waals surface area contributed by atoms with Crippen LogP contribution in [-0.2, 0) is 7.42 Å². The first-order chi connectivity index (χ1) is 3.00. The predicted octanol–water partition coefficient (Wildman–Crippen LogP) is -1.43. The van der Waals surface area contributed by atoms with Crippen LogP contribution in [0.4, 0.5) is 0 Å². The summed E-state index contributed by atoms with van der Waals surface area (Å²) in [6, 6.07) is 0. The van der Waals surface area contributed by atoms with Gasteiger partial charge in [-0.25, -0.2) is 4.57 Å². The third kappa shape index (κ3) is 255. The van der Waals surface area contributed by atoms with Crippen LogP contribution in [0.25, 0.3) is 0 Å². The van der Waals surface area contributed by atoms with Gasteiger partial charge >= 0.3 is 35.1 Å². The van der Waals surface area contributed by atoms with Crippen molar-refractivity contribution in [1.82, 2.24) is 0 Å². The molecule has 0 unspecified atom stereocenters. The maximum absolute atomic E-state index is 8.88. The van der Waals surface area contributed by atoms with E-state index in [0.29, 0.717) is 0 Å². The molecule has 0 saturated heterocycles. The summed E-state index contributed by atoms with van der Waals surface area (Å²) in [6.45, 7) is 0. The van der Waals surface area contributed by atoms with Crippen LogP contribution in [0.2, 0.25) is 0 Å². The molecule has 0 fully saturated rings. The van der Waals surface area contributed by atoms with Gasteiger partial charge in [0.2, 0.25) is 0 Å². The Labute approximate surface area is 54.6 Å². The first-order valence-electron chi connectivity index (χ1n) is 1.02. The number of hydrogen-bond acceptors (Lipinski definition) is 2. The first kappa shape index (κ1) is 10.7. The van der Waals surface area contributed by atoms with Gasteiger partial charge in [-0.15, -0.1) is 0 Å². The first-order valence-corrected chi connectivity index (χ1v) is 3.93. The molecule has 41 valence electrons. The van der Waals surface area contributed by atoms with Crippen LogP contribution in [0.15, 0.2) is 0 Å². The summed E-state index contributed by atoms with van der Waals surface area (Å²) in [4.78, 5) is 21.6. The van der Waals surface area contributed by atoms with Gasteiger partial charge in [-0.1, -0.05) is 0 Å². The summed E-state index contributed by atoms with van der Waals surface area (Å²) in [5.41, 5.74) is 0. The van der Waals surface area contributed by atoms with Gasteiger partial charge in [0.15, 0.2) is 0 Å². The van der Waals surface area contributed by atoms with Crippen molar-refractivity contribution in [3.8, 4) is 0 Å². The average molecular weight is 229 g/mol. The van der Waals surface area contributed by atoms with E-state index in [4.69, 9.17) is 22.1 Å². The van der Waals surface area contributed by atoms with Crippen molar-refractivity contribution in [3.63, 3.8) is 0 Å². The van der Waals surface area contributed by atoms with Gasteiger partial charge in [0.25, 0.3) is 0 Å². The van der Waals surface area contributed by atoms with Gasteiger partial charge in [-0.05, 0) is 0 Å². The van der Waals surface area contributed by atoms with E-state index in [2.05, 4.69) is 0 Å². The Kier molecular flexibility index (Phi) is 7.54. The molecule has 0 aliphatic rings. The van der Waals surface area contributed by atoms with Gasteiger partial charge in [-0.3, -0.25) is 0 Å². The van der Waals surface area contributed by atoms with Crippen molar-refractivity contribution >= 4 is 32.2 Å². The van der Waals surface area contributed by atoms with Crippen molar-refractivity contribution in [3.05, 3.63) is 0 Å². The topological polar surface area (TPSA) is 94.8 Å². The Morgan fingerprint density at radius 2 is 1.14 bits per heavy atom. The van der Waals surface area contributed by atoms with Crippen LogP contribution in [0.3, 0.4) is 0 Å². The fourth-order valence-electron chi connectivity index (χ4n) is 0. The van der Waals surface area contributed by atoms with Crippen molar-refractivity contribution in [2.75, 3.05) is 0 Å². The van der Waals surface area contributed by atoms with Crippen LogP contribution >= 0.6 is 7.82 Å². The molecule has 0 aromatic rings. The zero-order chi connectivity index (χ0) is 6.50. The predicted molar refractivity (Wildman–Crippen MR) is 20.7 cm³/mol. The van der Waals surface area contributed by atoms with Crippen molar-refractivity contribution in [2.45, 2.75) is 0 Å². The van der Waals surface area contributed by atoms with E-state index < -0.39 is 7.82 Å². The van der Waals surface area contributed by atoms with Crippen molar-refractivity contribution in [1.29, 1.82) is 0 Å². The Bertz CT molecular complexity index is 63.9. The standard InChI is InChI=1S/In.H3O4P.O/c;1-5(2,3)4;/h;(H3,1,2,3,4);. The molecule has 5 nitrogen and oxygen atoms in total. The Hall–Kier alpha value is 0.780. The van der Waals surface area contributed by atoms with E-state index in [-0.39, 0.29) is 24.4 Å². The molecule has 0 bridgehead atoms. The minimum absolute atomic E-state index is 0.100. The number of phosphoric acid groups is 1. The van der Waals surface area contributed by atoms with Crippen molar-refractivity contribution < 1.29 is 22.1 Å². The molecular formula is H3InO5P. The molecule has 0 amide bonds. The third-order valence-electron chi connectivity index (χ3n) is 0. The molecule has 0 heterocycles. The van der Waals surface area contributed by atoms with E-state index in [9.17, 15) is 0 Å². The zero-order valence-corrected chi connectivity index (χ0v) is 7.37. The molecule has 0 aromatic heterocycles. The second kappa shape index (κ2) is 4.93. The van der Waals surface area contributed by atoms with Gasteiger partial charge in [0.05, 0.1) is 0 Å². The molecule has 0 rings (SSSR count). The molecule has 0 aliphatic carbocycles. The second-order valence-corrected chi connectivity index (χ2v) is 1.54. The molecule has 0 aliphatic heterocycles. The van der Waals surface area contributed by atoms with E-state index in [1.807, 2.05) is 0 Å². The maximum atomic E-state index is 8.88. The Morgan fingerprint density at radius 3 is 1.14 bits per heavy atom. The van der Waals surface area contributed by atoms with Crippen molar-refractivity contribution in [2.24, 2.45) is 0 Å². The monoisotopic (exact) mass is 229 g/mol.